The van der Waals surface area contributed by atoms with Crippen molar-refractivity contribution in [3.05, 3.63) is 75.2 Å². The summed E-state index contributed by atoms with van der Waals surface area (Å²) in [5.41, 5.74) is 2.96. The van der Waals surface area contributed by atoms with Crippen LogP contribution < -0.4 is 16.2 Å². The number of halogens is 1. The molecule has 0 unspecified atom stereocenters. The zero-order valence-corrected chi connectivity index (χ0v) is 16.8. The second kappa shape index (κ2) is 7.59. The minimum absolute atomic E-state index is 0.00193. The van der Waals surface area contributed by atoms with Crippen molar-refractivity contribution in [3.8, 4) is 0 Å². The van der Waals surface area contributed by atoms with Gasteiger partial charge in [0.2, 0.25) is 0 Å². The molecule has 0 atom stereocenters. The molecule has 2 aromatic carbocycles. The Morgan fingerprint density at radius 2 is 2.07 bits per heavy atom. The minimum Gasteiger partial charge on any atom is -0.383 e. The standard InChI is InChI=1S/C22H24ClN3O2/c1-15-19(4-3-5-20(15)23)22(13-24-14-22)25-17-7-6-16-8-9-26(10-11-28-2)21(27)18(16)12-17/h3-9,12,24-25H,10-11,13-14H2,1-2H3. The van der Waals surface area contributed by atoms with Crippen molar-refractivity contribution in [2.45, 2.75) is 19.0 Å². The summed E-state index contributed by atoms with van der Waals surface area (Å²) in [5.74, 6) is 0. The van der Waals surface area contributed by atoms with Crippen molar-refractivity contribution in [3.63, 3.8) is 0 Å². The summed E-state index contributed by atoms with van der Waals surface area (Å²) < 4.78 is 6.80. The van der Waals surface area contributed by atoms with Gasteiger partial charge in [0, 0.05) is 49.0 Å². The van der Waals surface area contributed by atoms with E-state index in [0.717, 1.165) is 34.7 Å². The fourth-order valence-corrected chi connectivity index (χ4v) is 4.02. The Morgan fingerprint density at radius 3 is 2.79 bits per heavy atom. The molecule has 3 aromatic rings. The number of ether oxygens (including phenoxy) is 1. The van der Waals surface area contributed by atoms with E-state index in [-0.39, 0.29) is 11.1 Å². The quantitative estimate of drug-likeness (QED) is 0.668. The van der Waals surface area contributed by atoms with Crippen LogP contribution >= 0.6 is 11.6 Å². The van der Waals surface area contributed by atoms with Crippen molar-refractivity contribution in [1.29, 1.82) is 0 Å². The molecule has 2 N–H and O–H groups in total. The molecule has 5 nitrogen and oxygen atoms in total. The number of aromatic nitrogens is 1. The Kier molecular flexibility index (Phi) is 5.15. The average Bonchev–Trinajstić information content (AvgIpc) is 2.67. The lowest BCUT2D eigenvalue weighted by Gasteiger charge is -2.45. The third-order valence-corrected chi connectivity index (χ3v) is 5.94. The maximum absolute atomic E-state index is 12.9. The zero-order valence-electron chi connectivity index (χ0n) is 16.1. The first-order valence-corrected chi connectivity index (χ1v) is 9.78. The van der Waals surface area contributed by atoms with E-state index in [2.05, 4.69) is 16.7 Å². The van der Waals surface area contributed by atoms with Gasteiger partial charge in [-0.25, -0.2) is 0 Å². The van der Waals surface area contributed by atoms with Crippen LogP contribution in [-0.2, 0) is 16.8 Å². The highest BCUT2D eigenvalue weighted by Crippen LogP contribution is 2.35. The van der Waals surface area contributed by atoms with E-state index in [1.54, 1.807) is 11.7 Å². The first kappa shape index (κ1) is 19.0. The summed E-state index contributed by atoms with van der Waals surface area (Å²) >= 11 is 6.36. The van der Waals surface area contributed by atoms with Gasteiger partial charge in [-0.1, -0.05) is 29.8 Å². The van der Waals surface area contributed by atoms with Gasteiger partial charge in [0.15, 0.2) is 0 Å². The van der Waals surface area contributed by atoms with E-state index >= 15 is 0 Å². The van der Waals surface area contributed by atoms with Crippen molar-refractivity contribution < 1.29 is 4.74 Å². The Bertz CT molecular complexity index is 1070. The molecule has 1 fully saturated rings. The van der Waals surface area contributed by atoms with E-state index < -0.39 is 0 Å². The van der Waals surface area contributed by atoms with E-state index in [4.69, 9.17) is 16.3 Å². The largest absolute Gasteiger partial charge is 0.383 e. The second-order valence-electron chi connectivity index (χ2n) is 7.33. The monoisotopic (exact) mass is 397 g/mol. The summed E-state index contributed by atoms with van der Waals surface area (Å²) in [6.07, 6.45) is 1.82. The summed E-state index contributed by atoms with van der Waals surface area (Å²) in [6.45, 7) is 4.71. The Balaban J connectivity index is 1.71. The number of nitrogens with zero attached hydrogens (tertiary/aromatic N) is 1. The minimum atomic E-state index is -0.230. The molecular weight excluding hydrogens is 374 g/mol. The first-order chi connectivity index (χ1) is 13.5. The average molecular weight is 398 g/mol. The van der Waals surface area contributed by atoms with Crippen LogP contribution in [0.15, 0.2) is 53.5 Å². The fraction of sp³-hybridized carbons (Fsp3) is 0.318. The van der Waals surface area contributed by atoms with Gasteiger partial charge in [-0.15, -0.1) is 0 Å². The molecule has 146 valence electrons. The van der Waals surface area contributed by atoms with Gasteiger partial charge in [0.05, 0.1) is 12.1 Å². The molecule has 0 aliphatic carbocycles. The third kappa shape index (κ3) is 3.30. The summed E-state index contributed by atoms with van der Waals surface area (Å²) in [7, 11) is 1.64. The lowest BCUT2D eigenvalue weighted by Crippen LogP contribution is -2.61. The van der Waals surface area contributed by atoms with Crippen LogP contribution in [0.1, 0.15) is 11.1 Å². The molecule has 0 amide bonds. The zero-order chi connectivity index (χ0) is 19.7. The molecule has 0 radical (unpaired) electrons. The molecule has 28 heavy (non-hydrogen) atoms. The van der Waals surface area contributed by atoms with Gasteiger partial charge in [-0.2, -0.15) is 0 Å². The number of methoxy groups -OCH3 is 1. The second-order valence-corrected chi connectivity index (χ2v) is 7.74. The number of hydrogen-bond acceptors (Lipinski definition) is 4. The molecule has 0 bridgehead atoms. The van der Waals surface area contributed by atoms with Crippen LogP contribution in [0.2, 0.25) is 5.02 Å². The summed E-state index contributed by atoms with van der Waals surface area (Å²) in [4.78, 5) is 12.9. The van der Waals surface area contributed by atoms with Gasteiger partial charge in [-0.3, -0.25) is 4.79 Å². The number of nitrogens with one attached hydrogen (secondary N) is 2. The predicted molar refractivity (Wildman–Crippen MR) is 114 cm³/mol. The highest BCUT2D eigenvalue weighted by molar-refractivity contribution is 6.31. The van der Waals surface area contributed by atoms with E-state index in [0.29, 0.717) is 18.5 Å². The molecule has 0 spiro atoms. The number of fused-ring (bicyclic) bond motifs is 1. The van der Waals surface area contributed by atoms with Crippen molar-refractivity contribution in [2.75, 3.05) is 32.1 Å². The molecule has 2 heterocycles. The van der Waals surface area contributed by atoms with Crippen LogP contribution in [0.3, 0.4) is 0 Å². The van der Waals surface area contributed by atoms with Crippen LogP contribution in [-0.4, -0.2) is 31.4 Å². The van der Waals surface area contributed by atoms with Crippen LogP contribution in [0.4, 0.5) is 5.69 Å². The SMILES string of the molecule is COCCn1ccc2ccc(NC3(c4cccc(Cl)c4C)CNC3)cc2c1=O. The molecule has 1 aromatic heterocycles. The lowest BCUT2D eigenvalue weighted by molar-refractivity contribution is 0.186. The summed E-state index contributed by atoms with van der Waals surface area (Å²) in [5, 5.41) is 9.43. The summed E-state index contributed by atoms with van der Waals surface area (Å²) in [6, 6.07) is 14.0. The number of anilines is 1. The van der Waals surface area contributed by atoms with Gasteiger partial charge < -0.3 is 19.9 Å². The van der Waals surface area contributed by atoms with Crippen molar-refractivity contribution in [1.82, 2.24) is 9.88 Å². The fourth-order valence-electron chi connectivity index (χ4n) is 3.85. The number of benzene rings is 2. The topological polar surface area (TPSA) is 55.3 Å². The molecule has 6 heteroatoms. The first-order valence-electron chi connectivity index (χ1n) is 9.41. The Labute approximate surface area is 169 Å². The van der Waals surface area contributed by atoms with E-state index in [1.807, 2.05) is 49.5 Å². The van der Waals surface area contributed by atoms with E-state index in [9.17, 15) is 4.79 Å². The Hall–Kier alpha value is -2.34. The molecule has 0 saturated carbocycles. The molecule has 4 rings (SSSR count). The molecular formula is C22H24ClN3O2. The molecule has 1 aliphatic rings. The van der Waals surface area contributed by atoms with Crippen LogP contribution in [0.25, 0.3) is 10.8 Å². The van der Waals surface area contributed by atoms with Gasteiger partial charge in [0.1, 0.15) is 0 Å². The van der Waals surface area contributed by atoms with Crippen molar-refractivity contribution >= 4 is 28.1 Å². The normalized spacial score (nSPS) is 15.4. The predicted octanol–water partition coefficient (Wildman–Crippen LogP) is 3.52. The number of pyridine rings is 1. The van der Waals surface area contributed by atoms with E-state index in [1.165, 1.54) is 5.56 Å². The van der Waals surface area contributed by atoms with Gasteiger partial charge >= 0.3 is 0 Å². The van der Waals surface area contributed by atoms with Crippen LogP contribution in [0.5, 0.6) is 0 Å². The van der Waals surface area contributed by atoms with Gasteiger partial charge in [0.25, 0.3) is 5.56 Å². The van der Waals surface area contributed by atoms with Crippen LogP contribution in [0, 0.1) is 6.92 Å². The third-order valence-electron chi connectivity index (χ3n) is 5.54. The van der Waals surface area contributed by atoms with Crippen molar-refractivity contribution in [2.24, 2.45) is 0 Å². The smallest absolute Gasteiger partial charge is 0.258 e. The Morgan fingerprint density at radius 1 is 1.25 bits per heavy atom. The van der Waals surface area contributed by atoms with Gasteiger partial charge in [-0.05, 0) is 47.7 Å². The lowest BCUT2D eigenvalue weighted by atomic mass is 9.81. The highest BCUT2D eigenvalue weighted by atomic mass is 35.5. The maximum Gasteiger partial charge on any atom is 0.258 e. The maximum atomic E-state index is 12.9. The molecule has 1 saturated heterocycles. The number of rotatable bonds is 6. The number of hydrogen-bond donors (Lipinski definition) is 2. The molecule has 1 aliphatic heterocycles. The highest BCUT2D eigenvalue weighted by Gasteiger charge is 2.40.